The molecular formula is C22H18F3N5O3S2. The minimum atomic E-state index is -3.97. The molecule has 0 spiro atoms. The molecule has 8 nitrogen and oxygen atoms in total. The largest absolute Gasteiger partial charge is 0.295 e. The van der Waals surface area contributed by atoms with Crippen LogP contribution in [-0.2, 0) is 16.6 Å². The second-order valence-electron chi connectivity index (χ2n) is 7.92. The molecule has 13 heteroatoms. The molecule has 0 N–H and O–H groups in total. The number of piperazine rings is 1. The maximum atomic E-state index is 14.1. The summed E-state index contributed by atoms with van der Waals surface area (Å²) in [7, 11) is -3.97. The second-order valence-corrected chi connectivity index (χ2v) is 10.8. The van der Waals surface area contributed by atoms with Crippen molar-refractivity contribution in [3.8, 4) is 10.6 Å². The first-order chi connectivity index (χ1) is 16.7. The minimum Gasteiger partial charge on any atom is -0.295 e. The lowest BCUT2D eigenvalue weighted by Crippen LogP contribution is -2.48. The van der Waals surface area contributed by atoms with E-state index in [9.17, 15) is 26.4 Å². The van der Waals surface area contributed by atoms with Gasteiger partial charge in [0.2, 0.25) is 15.0 Å². The first-order valence-electron chi connectivity index (χ1n) is 10.5. The third-order valence-corrected chi connectivity index (χ3v) is 8.48. The van der Waals surface area contributed by atoms with E-state index in [1.807, 2.05) is 4.90 Å². The smallest absolute Gasteiger partial charge is 0.275 e. The zero-order valence-corrected chi connectivity index (χ0v) is 19.7. The predicted octanol–water partition coefficient (Wildman–Crippen LogP) is 2.74. The molecule has 0 aliphatic carbocycles. The Labute approximate surface area is 201 Å². The molecule has 2 aromatic heterocycles. The Balaban J connectivity index is 1.30. The number of aromatic nitrogens is 3. The number of rotatable bonds is 5. The fourth-order valence-corrected chi connectivity index (χ4v) is 6.21. The van der Waals surface area contributed by atoms with Crippen LogP contribution in [0.1, 0.15) is 5.69 Å². The Morgan fingerprint density at radius 2 is 1.66 bits per heavy atom. The zero-order valence-electron chi connectivity index (χ0n) is 18.1. The molecular weight excluding hydrogens is 503 g/mol. The van der Waals surface area contributed by atoms with Crippen LogP contribution in [-0.4, -0.2) is 58.4 Å². The minimum absolute atomic E-state index is 0.139. The van der Waals surface area contributed by atoms with Gasteiger partial charge in [-0.25, -0.2) is 26.6 Å². The van der Waals surface area contributed by atoms with Gasteiger partial charge in [-0.2, -0.15) is 13.9 Å². The monoisotopic (exact) mass is 521 g/mol. The van der Waals surface area contributed by atoms with Crippen LogP contribution >= 0.6 is 11.3 Å². The average Bonchev–Trinajstić information content (AvgIpc) is 3.26. The van der Waals surface area contributed by atoms with Crippen molar-refractivity contribution in [3.05, 3.63) is 82.0 Å². The Kier molecular flexibility index (Phi) is 6.17. The van der Waals surface area contributed by atoms with E-state index in [-0.39, 0.29) is 23.5 Å². The summed E-state index contributed by atoms with van der Waals surface area (Å²) >= 11 is 1.10. The third-order valence-electron chi connectivity index (χ3n) is 5.65. The molecule has 2 aromatic carbocycles. The summed E-state index contributed by atoms with van der Waals surface area (Å²) in [5.74, 6) is -2.79. The molecule has 5 rings (SSSR count). The summed E-state index contributed by atoms with van der Waals surface area (Å²) < 4.78 is 68.7. The van der Waals surface area contributed by atoms with Crippen LogP contribution in [0.2, 0.25) is 0 Å². The molecule has 0 radical (unpaired) electrons. The zero-order chi connectivity index (χ0) is 24.7. The standard InChI is InChI=1S/C22H18F3N5O3S2/c23-17-4-2-1-3-16(17)21-27-30-20(31)11-14(26-22(30)34-21)13-28-7-9-29(10-8-28)35(32,33)15-5-6-18(24)19(25)12-15/h1-6,11-12H,7-10,13H2. The molecule has 0 amide bonds. The van der Waals surface area contributed by atoms with Gasteiger partial charge in [-0.3, -0.25) is 9.69 Å². The summed E-state index contributed by atoms with van der Waals surface area (Å²) in [5.41, 5.74) is 0.362. The van der Waals surface area contributed by atoms with Crippen LogP contribution in [0.4, 0.5) is 13.2 Å². The molecule has 0 unspecified atom stereocenters. The van der Waals surface area contributed by atoms with Gasteiger partial charge in [0, 0.05) is 44.4 Å². The number of hydrogen-bond acceptors (Lipinski definition) is 7. The maximum absolute atomic E-state index is 14.1. The number of fused-ring (bicyclic) bond motifs is 1. The Bertz CT molecular complexity index is 1580. The maximum Gasteiger partial charge on any atom is 0.275 e. The van der Waals surface area contributed by atoms with E-state index in [0.29, 0.717) is 41.4 Å². The van der Waals surface area contributed by atoms with E-state index in [0.717, 1.165) is 28.0 Å². The van der Waals surface area contributed by atoms with Crippen LogP contribution in [0, 0.1) is 17.5 Å². The molecule has 0 atom stereocenters. The second kappa shape index (κ2) is 9.15. The van der Waals surface area contributed by atoms with Crippen molar-refractivity contribution >= 4 is 26.3 Å². The fraction of sp³-hybridized carbons (Fsp3) is 0.227. The average molecular weight is 522 g/mol. The first kappa shape index (κ1) is 23.6. The van der Waals surface area contributed by atoms with Gasteiger partial charge < -0.3 is 0 Å². The van der Waals surface area contributed by atoms with Crippen molar-refractivity contribution in [2.45, 2.75) is 11.4 Å². The molecule has 1 saturated heterocycles. The summed E-state index contributed by atoms with van der Waals surface area (Å²) in [6.07, 6.45) is 0. The predicted molar refractivity (Wildman–Crippen MR) is 123 cm³/mol. The summed E-state index contributed by atoms with van der Waals surface area (Å²) in [6, 6.07) is 9.99. The van der Waals surface area contributed by atoms with Crippen molar-refractivity contribution in [2.24, 2.45) is 0 Å². The van der Waals surface area contributed by atoms with Crippen molar-refractivity contribution in [1.29, 1.82) is 0 Å². The van der Waals surface area contributed by atoms with Crippen LogP contribution < -0.4 is 5.56 Å². The van der Waals surface area contributed by atoms with Gasteiger partial charge in [0.25, 0.3) is 5.56 Å². The highest BCUT2D eigenvalue weighted by Crippen LogP contribution is 2.27. The molecule has 35 heavy (non-hydrogen) atoms. The van der Waals surface area contributed by atoms with Crippen LogP contribution in [0.15, 0.2) is 58.2 Å². The number of halogens is 3. The Morgan fingerprint density at radius 1 is 0.914 bits per heavy atom. The van der Waals surface area contributed by atoms with E-state index in [4.69, 9.17) is 0 Å². The number of nitrogens with zero attached hydrogens (tertiary/aromatic N) is 5. The number of benzene rings is 2. The molecule has 1 aliphatic heterocycles. The topological polar surface area (TPSA) is 87.9 Å². The van der Waals surface area contributed by atoms with Crippen molar-refractivity contribution in [1.82, 2.24) is 23.8 Å². The van der Waals surface area contributed by atoms with Crippen molar-refractivity contribution in [3.63, 3.8) is 0 Å². The lowest BCUT2D eigenvalue weighted by Gasteiger charge is -2.33. The van der Waals surface area contributed by atoms with Crippen LogP contribution in [0.5, 0.6) is 0 Å². The van der Waals surface area contributed by atoms with Gasteiger partial charge in [-0.05, 0) is 30.3 Å². The first-order valence-corrected chi connectivity index (χ1v) is 12.8. The molecule has 3 heterocycles. The quantitative estimate of drug-likeness (QED) is 0.402. The fourth-order valence-electron chi connectivity index (χ4n) is 3.82. The molecule has 0 saturated carbocycles. The summed E-state index contributed by atoms with van der Waals surface area (Å²) in [4.78, 5) is 19.0. The van der Waals surface area contributed by atoms with E-state index >= 15 is 0 Å². The SMILES string of the molecule is O=c1cc(CN2CCN(S(=O)(=O)c3ccc(F)c(F)c3)CC2)nc2sc(-c3ccccc3F)nn12. The highest BCUT2D eigenvalue weighted by Gasteiger charge is 2.29. The highest BCUT2D eigenvalue weighted by molar-refractivity contribution is 7.89. The van der Waals surface area contributed by atoms with E-state index < -0.39 is 33.0 Å². The van der Waals surface area contributed by atoms with E-state index in [1.165, 1.54) is 16.4 Å². The van der Waals surface area contributed by atoms with Gasteiger partial charge in [0.1, 0.15) is 5.82 Å². The van der Waals surface area contributed by atoms with Gasteiger partial charge in [-0.1, -0.05) is 23.5 Å². The molecule has 0 bridgehead atoms. The van der Waals surface area contributed by atoms with Crippen LogP contribution in [0.25, 0.3) is 15.5 Å². The van der Waals surface area contributed by atoms with Gasteiger partial charge in [-0.15, -0.1) is 0 Å². The van der Waals surface area contributed by atoms with E-state index in [2.05, 4.69) is 10.1 Å². The Hall–Kier alpha value is -3.13. The van der Waals surface area contributed by atoms with E-state index in [1.54, 1.807) is 18.2 Å². The summed E-state index contributed by atoms with van der Waals surface area (Å²) in [5, 5.41) is 4.53. The lowest BCUT2D eigenvalue weighted by atomic mass is 10.2. The normalized spacial score (nSPS) is 15.6. The van der Waals surface area contributed by atoms with Crippen molar-refractivity contribution in [2.75, 3.05) is 26.2 Å². The Morgan fingerprint density at radius 3 is 2.37 bits per heavy atom. The molecule has 1 fully saturated rings. The lowest BCUT2D eigenvalue weighted by molar-refractivity contribution is 0.180. The van der Waals surface area contributed by atoms with Crippen molar-refractivity contribution < 1.29 is 21.6 Å². The third kappa shape index (κ3) is 4.59. The molecule has 182 valence electrons. The van der Waals surface area contributed by atoms with Crippen LogP contribution in [0.3, 0.4) is 0 Å². The molecule has 4 aromatic rings. The number of sulfonamides is 1. The highest BCUT2D eigenvalue weighted by atomic mass is 32.2. The van der Waals surface area contributed by atoms with Gasteiger partial charge in [0.05, 0.1) is 10.6 Å². The van der Waals surface area contributed by atoms with Gasteiger partial charge >= 0.3 is 0 Å². The summed E-state index contributed by atoms with van der Waals surface area (Å²) in [6.45, 7) is 1.29. The van der Waals surface area contributed by atoms with Gasteiger partial charge in [0.15, 0.2) is 16.6 Å². The molecule has 1 aliphatic rings. The number of hydrogen-bond donors (Lipinski definition) is 0.